The highest BCUT2D eigenvalue weighted by Crippen LogP contribution is 2.33. The zero-order chi connectivity index (χ0) is 11.7. The molecule has 0 amide bonds. The fourth-order valence-electron chi connectivity index (χ4n) is 2.06. The quantitative estimate of drug-likeness (QED) is 0.533. The van der Waals surface area contributed by atoms with Crippen molar-refractivity contribution in [1.29, 1.82) is 0 Å². The minimum atomic E-state index is -0.260. The van der Waals surface area contributed by atoms with Gasteiger partial charge in [0.1, 0.15) is 6.10 Å². The van der Waals surface area contributed by atoms with Crippen molar-refractivity contribution in [3.8, 4) is 0 Å². The van der Waals surface area contributed by atoms with Crippen LogP contribution in [0.4, 0.5) is 0 Å². The molecule has 1 fully saturated rings. The molecule has 1 saturated heterocycles. The number of hydrogen-bond acceptors (Lipinski definition) is 2. The molecule has 2 heteroatoms. The molecule has 1 aromatic rings. The summed E-state index contributed by atoms with van der Waals surface area (Å²) in [5, 5.41) is 0. The van der Waals surface area contributed by atoms with Crippen molar-refractivity contribution < 1.29 is 9.53 Å². The van der Waals surface area contributed by atoms with E-state index in [1.54, 1.807) is 0 Å². The van der Waals surface area contributed by atoms with Gasteiger partial charge >= 0.3 is 5.97 Å². The highest BCUT2D eigenvalue weighted by atomic mass is 16.5. The predicted molar refractivity (Wildman–Crippen MR) is 63.2 cm³/mol. The molecule has 0 saturated carbocycles. The Bertz CT molecular complexity index is 417. The number of rotatable bonds is 1. The monoisotopic (exact) mass is 216 g/mol. The summed E-state index contributed by atoms with van der Waals surface area (Å²) in [7, 11) is 0. The zero-order valence-electron chi connectivity index (χ0n) is 9.69. The first kappa shape index (κ1) is 10.9. The number of esters is 1. The van der Waals surface area contributed by atoms with Crippen molar-refractivity contribution in [2.75, 3.05) is 0 Å². The topological polar surface area (TPSA) is 26.3 Å². The van der Waals surface area contributed by atoms with E-state index in [1.165, 1.54) is 5.56 Å². The number of carbonyl (C=O) groups is 1. The summed E-state index contributed by atoms with van der Waals surface area (Å²) in [6.45, 7) is 7.81. The molecule has 1 aromatic carbocycles. The molecule has 0 aliphatic carbocycles. The van der Waals surface area contributed by atoms with Crippen LogP contribution in [0.25, 0.3) is 0 Å². The first-order valence-corrected chi connectivity index (χ1v) is 5.54. The lowest BCUT2D eigenvalue weighted by molar-refractivity contribution is -0.147. The first-order chi connectivity index (χ1) is 7.58. The minimum Gasteiger partial charge on any atom is -0.459 e. The molecule has 1 aliphatic heterocycles. The lowest BCUT2D eigenvalue weighted by Gasteiger charge is -2.28. The summed E-state index contributed by atoms with van der Waals surface area (Å²) in [5.41, 5.74) is 2.95. The second-order valence-electron chi connectivity index (χ2n) is 4.44. The van der Waals surface area contributed by atoms with E-state index in [0.717, 1.165) is 12.0 Å². The van der Waals surface area contributed by atoms with Gasteiger partial charge in [0.2, 0.25) is 0 Å². The van der Waals surface area contributed by atoms with Gasteiger partial charge in [-0.3, -0.25) is 0 Å². The van der Waals surface area contributed by atoms with Gasteiger partial charge in [-0.1, -0.05) is 36.4 Å². The van der Waals surface area contributed by atoms with Gasteiger partial charge in [0.05, 0.1) is 0 Å². The van der Waals surface area contributed by atoms with Crippen LogP contribution in [0.15, 0.2) is 36.4 Å². The number of ether oxygens (including phenoxy) is 1. The molecule has 84 valence electrons. The third-order valence-electron chi connectivity index (χ3n) is 3.04. The highest BCUT2D eigenvalue weighted by molar-refractivity contribution is 5.90. The van der Waals surface area contributed by atoms with E-state index in [2.05, 4.69) is 37.8 Å². The van der Waals surface area contributed by atoms with Gasteiger partial charge in [0, 0.05) is 11.5 Å². The molecule has 1 aliphatic rings. The third kappa shape index (κ3) is 2.01. The third-order valence-corrected chi connectivity index (χ3v) is 3.04. The van der Waals surface area contributed by atoms with Crippen LogP contribution in [0, 0.1) is 6.92 Å². The Balaban J connectivity index is 2.28. The van der Waals surface area contributed by atoms with Gasteiger partial charge in [0.15, 0.2) is 0 Å². The number of aryl methyl sites for hydroxylation is 1. The van der Waals surface area contributed by atoms with Gasteiger partial charge in [0.25, 0.3) is 0 Å². The van der Waals surface area contributed by atoms with E-state index < -0.39 is 0 Å². The average molecular weight is 216 g/mol. The normalized spacial score (nSPS) is 25.4. The molecule has 16 heavy (non-hydrogen) atoms. The molecular formula is C14H16O2. The van der Waals surface area contributed by atoms with Gasteiger partial charge < -0.3 is 4.74 Å². The number of cyclic esters (lactones) is 1. The van der Waals surface area contributed by atoms with Crippen molar-refractivity contribution in [1.82, 2.24) is 0 Å². The van der Waals surface area contributed by atoms with Gasteiger partial charge in [-0.05, 0) is 25.8 Å². The van der Waals surface area contributed by atoms with Crippen molar-refractivity contribution in [2.24, 2.45) is 0 Å². The largest absolute Gasteiger partial charge is 0.459 e. The van der Waals surface area contributed by atoms with Gasteiger partial charge in [-0.15, -0.1) is 0 Å². The lowest BCUT2D eigenvalue weighted by atomic mass is 9.85. The Labute approximate surface area is 95.9 Å². The molecule has 0 spiro atoms. The van der Waals surface area contributed by atoms with Crippen LogP contribution in [0.3, 0.4) is 0 Å². The van der Waals surface area contributed by atoms with Gasteiger partial charge in [-0.25, -0.2) is 4.79 Å². The van der Waals surface area contributed by atoms with Crippen LogP contribution in [0.2, 0.25) is 0 Å². The molecular weight excluding hydrogens is 200 g/mol. The fourth-order valence-corrected chi connectivity index (χ4v) is 2.06. The van der Waals surface area contributed by atoms with Crippen molar-refractivity contribution in [3.05, 3.63) is 47.5 Å². The van der Waals surface area contributed by atoms with Crippen LogP contribution < -0.4 is 0 Å². The van der Waals surface area contributed by atoms with Crippen molar-refractivity contribution >= 4 is 5.97 Å². The van der Waals surface area contributed by atoms with Crippen molar-refractivity contribution in [3.63, 3.8) is 0 Å². The SMILES string of the molecule is C=C1C(=O)OC(C)CC1c1ccc(C)cc1. The fraction of sp³-hybridized carbons (Fsp3) is 0.357. The maximum atomic E-state index is 11.5. The van der Waals surface area contributed by atoms with E-state index in [4.69, 9.17) is 4.74 Å². The van der Waals surface area contributed by atoms with Crippen LogP contribution in [-0.2, 0) is 9.53 Å². The molecule has 2 unspecified atom stereocenters. The first-order valence-electron chi connectivity index (χ1n) is 5.54. The molecule has 1 heterocycles. The van der Waals surface area contributed by atoms with Gasteiger partial charge in [-0.2, -0.15) is 0 Å². The summed E-state index contributed by atoms with van der Waals surface area (Å²) in [4.78, 5) is 11.5. The Morgan fingerprint density at radius 1 is 1.31 bits per heavy atom. The minimum absolute atomic E-state index is 0.0238. The van der Waals surface area contributed by atoms with Crippen LogP contribution >= 0.6 is 0 Å². The molecule has 2 nitrogen and oxygen atoms in total. The highest BCUT2D eigenvalue weighted by Gasteiger charge is 2.30. The Morgan fingerprint density at radius 2 is 1.94 bits per heavy atom. The molecule has 0 N–H and O–H groups in total. The van der Waals surface area contributed by atoms with Crippen molar-refractivity contribution in [2.45, 2.75) is 32.3 Å². The van der Waals surface area contributed by atoms with E-state index in [1.807, 2.05) is 6.92 Å². The summed E-state index contributed by atoms with van der Waals surface area (Å²) in [6, 6.07) is 8.26. The number of benzene rings is 1. The van der Waals surface area contributed by atoms with E-state index >= 15 is 0 Å². The second kappa shape index (κ2) is 4.12. The maximum Gasteiger partial charge on any atom is 0.334 e. The molecule has 2 atom stereocenters. The Hall–Kier alpha value is -1.57. The van der Waals surface area contributed by atoms with Crippen LogP contribution in [0.5, 0.6) is 0 Å². The van der Waals surface area contributed by atoms with E-state index in [0.29, 0.717) is 5.57 Å². The Kier molecular flexibility index (Phi) is 2.82. The predicted octanol–water partition coefficient (Wildman–Crippen LogP) is 2.97. The molecule has 0 radical (unpaired) electrons. The van der Waals surface area contributed by atoms with E-state index in [-0.39, 0.29) is 18.0 Å². The number of hydrogen-bond donors (Lipinski definition) is 0. The molecule has 0 bridgehead atoms. The number of carbonyl (C=O) groups excluding carboxylic acids is 1. The maximum absolute atomic E-state index is 11.5. The molecule has 2 rings (SSSR count). The lowest BCUT2D eigenvalue weighted by Crippen LogP contribution is -2.28. The molecule has 0 aromatic heterocycles. The average Bonchev–Trinajstić information content (AvgIpc) is 2.25. The van der Waals surface area contributed by atoms with E-state index in [9.17, 15) is 4.79 Å². The Morgan fingerprint density at radius 3 is 2.56 bits per heavy atom. The zero-order valence-corrected chi connectivity index (χ0v) is 9.69. The standard InChI is InChI=1S/C14H16O2/c1-9-4-6-12(7-5-9)13-8-10(2)16-14(15)11(13)3/h4-7,10,13H,3,8H2,1-2H3. The smallest absolute Gasteiger partial charge is 0.334 e. The van der Waals surface area contributed by atoms with Crippen LogP contribution in [0.1, 0.15) is 30.4 Å². The summed E-state index contributed by atoms with van der Waals surface area (Å²) < 4.78 is 5.14. The van der Waals surface area contributed by atoms with Crippen LogP contribution in [-0.4, -0.2) is 12.1 Å². The second-order valence-corrected chi connectivity index (χ2v) is 4.44. The summed E-state index contributed by atoms with van der Waals surface area (Å²) >= 11 is 0. The summed E-state index contributed by atoms with van der Waals surface area (Å²) in [6.07, 6.45) is 0.803. The summed E-state index contributed by atoms with van der Waals surface area (Å²) in [5.74, 6) is -0.152.